The highest BCUT2D eigenvalue weighted by atomic mass is 16.3. The number of hydrogen-bond donors (Lipinski definition) is 2. The summed E-state index contributed by atoms with van der Waals surface area (Å²) in [5.41, 5.74) is 1.84. The molecule has 0 radical (unpaired) electrons. The van der Waals surface area contributed by atoms with E-state index < -0.39 is 0 Å². The van der Waals surface area contributed by atoms with Gasteiger partial charge < -0.3 is 15.1 Å². The van der Waals surface area contributed by atoms with Gasteiger partial charge in [-0.15, -0.1) is 0 Å². The zero-order chi connectivity index (χ0) is 13.9. The molecule has 104 valence electrons. The second-order valence-corrected chi connectivity index (χ2v) is 5.22. The zero-order valence-corrected chi connectivity index (χ0v) is 11.4. The number of carbonyl (C=O) groups excluding carboxylic acids is 1. The number of carbonyl (C=O) groups is 1. The van der Waals surface area contributed by atoms with Gasteiger partial charge in [-0.25, -0.2) is 0 Å². The minimum absolute atomic E-state index is 0.108. The van der Waals surface area contributed by atoms with E-state index in [4.69, 9.17) is 4.42 Å². The van der Waals surface area contributed by atoms with Crippen LogP contribution in [0.2, 0.25) is 0 Å². The van der Waals surface area contributed by atoms with E-state index in [2.05, 4.69) is 10.6 Å². The van der Waals surface area contributed by atoms with Crippen LogP contribution in [0.25, 0.3) is 0 Å². The molecule has 1 saturated carbocycles. The highest BCUT2D eigenvalue weighted by Gasteiger charge is 2.29. The van der Waals surface area contributed by atoms with Gasteiger partial charge in [-0.05, 0) is 56.2 Å². The van der Waals surface area contributed by atoms with Crippen LogP contribution < -0.4 is 10.6 Å². The maximum Gasteiger partial charge on any atom is 0.227 e. The zero-order valence-electron chi connectivity index (χ0n) is 11.4. The molecular formula is C16H18N2O2. The summed E-state index contributed by atoms with van der Waals surface area (Å²) in [5, 5.41) is 6.28. The van der Waals surface area contributed by atoms with Crippen LogP contribution in [0.4, 0.5) is 11.4 Å². The van der Waals surface area contributed by atoms with E-state index in [1.807, 2.05) is 43.3 Å². The van der Waals surface area contributed by atoms with Crippen molar-refractivity contribution in [3.05, 3.63) is 48.4 Å². The molecule has 1 aromatic heterocycles. The Morgan fingerprint density at radius 1 is 1.20 bits per heavy atom. The van der Waals surface area contributed by atoms with E-state index >= 15 is 0 Å². The van der Waals surface area contributed by atoms with E-state index in [1.165, 1.54) is 0 Å². The lowest BCUT2D eigenvalue weighted by molar-refractivity contribution is -0.117. The van der Waals surface area contributed by atoms with Crippen LogP contribution in [0.5, 0.6) is 0 Å². The number of nitrogens with one attached hydrogen (secondary N) is 2. The summed E-state index contributed by atoms with van der Waals surface area (Å²) in [6.07, 6.45) is 3.71. The number of furan rings is 1. The van der Waals surface area contributed by atoms with Gasteiger partial charge in [0.2, 0.25) is 5.91 Å². The van der Waals surface area contributed by atoms with Crippen molar-refractivity contribution >= 4 is 17.3 Å². The summed E-state index contributed by atoms with van der Waals surface area (Å²) in [6.45, 7) is 2.04. The lowest BCUT2D eigenvalue weighted by atomic mass is 10.2. The summed E-state index contributed by atoms with van der Waals surface area (Å²) in [7, 11) is 0. The van der Waals surface area contributed by atoms with Gasteiger partial charge in [0, 0.05) is 17.3 Å². The summed E-state index contributed by atoms with van der Waals surface area (Å²) in [5.74, 6) is 1.26. The summed E-state index contributed by atoms with van der Waals surface area (Å²) >= 11 is 0. The average molecular weight is 270 g/mol. The second-order valence-electron chi connectivity index (χ2n) is 5.22. The predicted molar refractivity (Wildman–Crippen MR) is 78.5 cm³/mol. The molecule has 1 heterocycles. The Hall–Kier alpha value is -2.23. The van der Waals surface area contributed by atoms with E-state index in [-0.39, 0.29) is 17.9 Å². The first-order valence-electron chi connectivity index (χ1n) is 6.93. The molecule has 3 rings (SSSR count). The molecule has 1 unspecified atom stereocenters. The van der Waals surface area contributed by atoms with Crippen LogP contribution in [0, 0.1) is 5.92 Å². The first-order valence-corrected chi connectivity index (χ1v) is 6.93. The maximum atomic E-state index is 11.7. The topological polar surface area (TPSA) is 54.3 Å². The maximum absolute atomic E-state index is 11.7. The van der Waals surface area contributed by atoms with Crippen molar-refractivity contribution in [2.75, 3.05) is 10.6 Å². The second kappa shape index (κ2) is 5.41. The van der Waals surface area contributed by atoms with Crippen molar-refractivity contribution < 1.29 is 9.21 Å². The summed E-state index contributed by atoms with van der Waals surface area (Å²) in [4.78, 5) is 11.7. The smallest absolute Gasteiger partial charge is 0.227 e. The largest absolute Gasteiger partial charge is 0.467 e. The van der Waals surface area contributed by atoms with Crippen LogP contribution in [0.1, 0.15) is 31.6 Å². The Labute approximate surface area is 118 Å². The van der Waals surface area contributed by atoms with Crippen molar-refractivity contribution in [3.8, 4) is 0 Å². The van der Waals surface area contributed by atoms with Crippen molar-refractivity contribution in [1.82, 2.24) is 0 Å². The minimum Gasteiger partial charge on any atom is -0.467 e. The number of rotatable bonds is 5. The quantitative estimate of drug-likeness (QED) is 0.868. The van der Waals surface area contributed by atoms with Gasteiger partial charge in [0.15, 0.2) is 0 Å². The van der Waals surface area contributed by atoms with Crippen LogP contribution in [0.3, 0.4) is 0 Å². The molecule has 1 aliphatic rings. The van der Waals surface area contributed by atoms with Gasteiger partial charge in [0.1, 0.15) is 5.76 Å². The fraction of sp³-hybridized carbons (Fsp3) is 0.312. The Bertz CT molecular complexity index is 571. The number of benzene rings is 1. The fourth-order valence-electron chi connectivity index (χ4n) is 2.10. The van der Waals surface area contributed by atoms with Crippen LogP contribution >= 0.6 is 0 Å². The van der Waals surface area contributed by atoms with Gasteiger partial charge in [-0.3, -0.25) is 4.79 Å². The Balaban J connectivity index is 1.59. The lowest BCUT2D eigenvalue weighted by Crippen LogP contribution is -2.13. The Morgan fingerprint density at radius 3 is 2.50 bits per heavy atom. The van der Waals surface area contributed by atoms with Crippen LogP contribution in [-0.4, -0.2) is 5.91 Å². The SMILES string of the molecule is CC(Nc1ccc(NC(=O)C2CC2)cc1)c1ccco1. The number of amides is 1. The molecule has 4 heteroatoms. The lowest BCUT2D eigenvalue weighted by Gasteiger charge is -2.13. The molecule has 0 bridgehead atoms. The van der Waals surface area contributed by atoms with Gasteiger partial charge in [0.25, 0.3) is 0 Å². The average Bonchev–Trinajstić information content (AvgIpc) is 3.16. The van der Waals surface area contributed by atoms with Gasteiger partial charge >= 0.3 is 0 Å². The Morgan fingerprint density at radius 2 is 1.90 bits per heavy atom. The molecule has 1 atom stereocenters. The third-order valence-corrected chi connectivity index (χ3v) is 3.45. The highest BCUT2D eigenvalue weighted by Crippen LogP contribution is 2.30. The first kappa shape index (κ1) is 12.8. The fourth-order valence-corrected chi connectivity index (χ4v) is 2.10. The van der Waals surface area contributed by atoms with E-state index in [1.54, 1.807) is 6.26 Å². The molecule has 2 N–H and O–H groups in total. The Kier molecular flexibility index (Phi) is 3.46. The third-order valence-electron chi connectivity index (χ3n) is 3.45. The van der Waals surface area contributed by atoms with Gasteiger partial charge in [-0.2, -0.15) is 0 Å². The third kappa shape index (κ3) is 3.02. The molecule has 4 nitrogen and oxygen atoms in total. The first-order chi connectivity index (χ1) is 9.72. The molecule has 1 fully saturated rings. The molecule has 1 aromatic carbocycles. The van der Waals surface area contributed by atoms with E-state index in [0.29, 0.717) is 0 Å². The normalized spacial score (nSPS) is 15.7. The molecule has 20 heavy (non-hydrogen) atoms. The molecule has 0 spiro atoms. The standard InChI is InChI=1S/C16H18N2O2/c1-11(15-3-2-10-20-15)17-13-6-8-14(9-7-13)18-16(19)12-4-5-12/h2-3,6-12,17H,4-5H2,1H3,(H,18,19). The highest BCUT2D eigenvalue weighted by molar-refractivity contribution is 5.94. The molecule has 0 saturated heterocycles. The van der Waals surface area contributed by atoms with Crippen molar-refractivity contribution in [2.24, 2.45) is 5.92 Å². The van der Waals surface area contributed by atoms with E-state index in [9.17, 15) is 4.79 Å². The summed E-state index contributed by atoms with van der Waals surface area (Å²) < 4.78 is 5.36. The minimum atomic E-state index is 0.108. The molecule has 2 aromatic rings. The van der Waals surface area contributed by atoms with Crippen molar-refractivity contribution in [2.45, 2.75) is 25.8 Å². The number of hydrogen-bond acceptors (Lipinski definition) is 3. The molecule has 1 amide bonds. The van der Waals surface area contributed by atoms with Crippen LogP contribution in [0.15, 0.2) is 47.1 Å². The molecule has 0 aliphatic heterocycles. The molecular weight excluding hydrogens is 252 g/mol. The van der Waals surface area contributed by atoms with Crippen molar-refractivity contribution in [1.29, 1.82) is 0 Å². The van der Waals surface area contributed by atoms with Gasteiger partial charge in [0.05, 0.1) is 12.3 Å². The van der Waals surface area contributed by atoms with Gasteiger partial charge in [-0.1, -0.05) is 0 Å². The monoisotopic (exact) mass is 270 g/mol. The van der Waals surface area contributed by atoms with E-state index in [0.717, 1.165) is 30.0 Å². The van der Waals surface area contributed by atoms with Crippen molar-refractivity contribution in [3.63, 3.8) is 0 Å². The number of anilines is 2. The van der Waals surface area contributed by atoms with Crippen LogP contribution in [-0.2, 0) is 4.79 Å². The predicted octanol–water partition coefficient (Wildman–Crippen LogP) is 3.80. The summed E-state index contributed by atoms with van der Waals surface area (Å²) in [6, 6.07) is 11.7. The molecule has 1 aliphatic carbocycles.